The van der Waals surface area contributed by atoms with E-state index in [4.69, 9.17) is 10.9 Å². The van der Waals surface area contributed by atoms with Crippen molar-refractivity contribution < 1.29 is 23.2 Å². The van der Waals surface area contributed by atoms with Gasteiger partial charge in [0.1, 0.15) is 0 Å². The van der Waals surface area contributed by atoms with Crippen molar-refractivity contribution in [3.05, 3.63) is 0 Å². The molecule has 0 bridgehead atoms. The first-order chi connectivity index (χ1) is 7.85. The average molecular weight is 253 g/mol. The molecule has 1 amide bonds. The van der Waals surface area contributed by atoms with Crippen molar-refractivity contribution >= 4 is 11.7 Å². The zero-order valence-electron chi connectivity index (χ0n) is 9.07. The van der Waals surface area contributed by atoms with Crippen molar-refractivity contribution in [2.75, 3.05) is 6.54 Å². The fraction of sp³-hybridized carbons (Fsp3) is 0.778. The minimum absolute atomic E-state index is 0.136. The van der Waals surface area contributed by atoms with Crippen LogP contribution in [0.25, 0.3) is 0 Å². The number of amidine groups is 1. The Bertz CT molecular complexity index is 317. The Hall–Kier alpha value is -1.47. The lowest BCUT2D eigenvalue weighted by Crippen LogP contribution is -2.44. The number of halogens is 3. The van der Waals surface area contributed by atoms with Gasteiger partial charge in [-0.3, -0.25) is 4.79 Å². The van der Waals surface area contributed by atoms with Crippen LogP contribution in [-0.2, 0) is 4.79 Å². The monoisotopic (exact) mass is 253 g/mol. The molecule has 1 saturated heterocycles. The van der Waals surface area contributed by atoms with Gasteiger partial charge >= 0.3 is 6.18 Å². The molecular formula is C9H14F3N3O2. The minimum atomic E-state index is -4.35. The molecule has 0 spiro atoms. The predicted molar refractivity (Wildman–Crippen MR) is 53.4 cm³/mol. The summed E-state index contributed by atoms with van der Waals surface area (Å²) in [6, 6.07) is -0.583. The molecule has 1 fully saturated rings. The number of oxime groups is 1. The van der Waals surface area contributed by atoms with E-state index in [0.29, 0.717) is 19.4 Å². The van der Waals surface area contributed by atoms with Gasteiger partial charge in [0.15, 0.2) is 5.84 Å². The number of alkyl halides is 3. The van der Waals surface area contributed by atoms with E-state index in [9.17, 15) is 18.0 Å². The van der Waals surface area contributed by atoms with E-state index in [1.807, 2.05) is 0 Å². The Morgan fingerprint density at radius 2 is 2.18 bits per heavy atom. The molecule has 1 atom stereocenters. The summed E-state index contributed by atoms with van der Waals surface area (Å²) in [5.74, 6) is -0.751. The maximum Gasteiger partial charge on any atom is 0.389 e. The minimum Gasteiger partial charge on any atom is -0.409 e. The lowest BCUT2D eigenvalue weighted by Gasteiger charge is -2.23. The van der Waals surface area contributed by atoms with Crippen molar-refractivity contribution in [2.24, 2.45) is 10.9 Å². The molecule has 17 heavy (non-hydrogen) atoms. The molecule has 1 heterocycles. The molecule has 0 aromatic heterocycles. The summed E-state index contributed by atoms with van der Waals surface area (Å²) in [4.78, 5) is 12.8. The lowest BCUT2D eigenvalue weighted by molar-refractivity contribution is -0.149. The topological polar surface area (TPSA) is 78.9 Å². The quantitative estimate of drug-likeness (QED) is 0.342. The average Bonchev–Trinajstić information content (AvgIpc) is 2.72. The van der Waals surface area contributed by atoms with Crippen LogP contribution in [0.2, 0.25) is 0 Å². The summed E-state index contributed by atoms with van der Waals surface area (Å²) in [6.45, 7) is 0.345. The molecule has 98 valence electrons. The first-order valence-electron chi connectivity index (χ1n) is 5.19. The smallest absolute Gasteiger partial charge is 0.389 e. The number of nitrogens with zero attached hydrogens (tertiary/aromatic N) is 2. The zero-order valence-corrected chi connectivity index (χ0v) is 9.07. The molecule has 0 saturated carbocycles. The molecule has 0 radical (unpaired) electrons. The fourth-order valence-corrected chi connectivity index (χ4v) is 1.83. The maximum absolute atomic E-state index is 12.0. The zero-order chi connectivity index (χ0) is 13.1. The van der Waals surface area contributed by atoms with Gasteiger partial charge in [0.2, 0.25) is 5.91 Å². The molecule has 8 heteroatoms. The van der Waals surface area contributed by atoms with E-state index in [1.54, 1.807) is 0 Å². The number of likely N-dealkylation sites (tertiary alicyclic amines) is 1. The number of nitrogens with two attached hydrogens (primary N) is 1. The third-order valence-electron chi connectivity index (χ3n) is 2.65. The van der Waals surface area contributed by atoms with Gasteiger partial charge in [-0.1, -0.05) is 5.16 Å². The molecule has 0 aromatic carbocycles. The van der Waals surface area contributed by atoms with Crippen molar-refractivity contribution in [3.63, 3.8) is 0 Å². The molecule has 0 aliphatic carbocycles. The number of hydrogen-bond donors (Lipinski definition) is 2. The molecular weight excluding hydrogens is 239 g/mol. The Morgan fingerprint density at radius 1 is 1.53 bits per heavy atom. The second kappa shape index (κ2) is 5.24. The van der Waals surface area contributed by atoms with Crippen LogP contribution in [-0.4, -0.2) is 40.6 Å². The summed E-state index contributed by atoms with van der Waals surface area (Å²) in [5, 5.41) is 11.3. The van der Waals surface area contributed by atoms with Gasteiger partial charge in [0.05, 0.1) is 12.5 Å². The molecule has 1 unspecified atom stereocenters. The highest BCUT2D eigenvalue weighted by atomic mass is 19.4. The van der Waals surface area contributed by atoms with Gasteiger partial charge in [0.25, 0.3) is 0 Å². The van der Waals surface area contributed by atoms with Crippen molar-refractivity contribution in [1.82, 2.24) is 4.90 Å². The van der Waals surface area contributed by atoms with Gasteiger partial charge in [0, 0.05) is 13.0 Å². The van der Waals surface area contributed by atoms with E-state index in [-0.39, 0.29) is 5.84 Å². The van der Waals surface area contributed by atoms with Crippen LogP contribution in [0.15, 0.2) is 5.16 Å². The summed E-state index contributed by atoms with van der Waals surface area (Å²) in [5.41, 5.74) is 5.37. The van der Waals surface area contributed by atoms with Gasteiger partial charge in [-0.15, -0.1) is 0 Å². The third-order valence-corrected chi connectivity index (χ3v) is 2.65. The van der Waals surface area contributed by atoms with Crippen LogP contribution < -0.4 is 5.73 Å². The van der Waals surface area contributed by atoms with Gasteiger partial charge < -0.3 is 15.8 Å². The Morgan fingerprint density at radius 3 is 2.71 bits per heavy atom. The van der Waals surface area contributed by atoms with Crippen LogP contribution in [0.4, 0.5) is 13.2 Å². The fourth-order valence-electron chi connectivity index (χ4n) is 1.83. The van der Waals surface area contributed by atoms with Crippen molar-refractivity contribution in [3.8, 4) is 0 Å². The Labute approximate surface area is 96.1 Å². The highest BCUT2D eigenvalue weighted by molar-refractivity contribution is 5.90. The van der Waals surface area contributed by atoms with E-state index in [2.05, 4.69) is 5.16 Å². The summed E-state index contributed by atoms with van der Waals surface area (Å²) in [7, 11) is 0. The van der Waals surface area contributed by atoms with Crippen LogP contribution in [0, 0.1) is 0 Å². The van der Waals surface area contributed by atoms with Crippen LogP contribution in [0.1, 0.15) is 25.7 Å². The molecule has 1 aliphatic rings. The summed E-state index contributed by atoms with van der Waals surface area (Å²) in [6.07, 6.45) is -4.95. The normalized spacial score (nSPS) is 21.9. The SMILES string of the molecule is NC(=NO)C1CCCN1C(=O)CCC(F)(F)F. The van der Waals surface area contributed by atoms with E-state index >= 15 is 0 Å². The number of carbonyl (C=O) groups excluding carboxylic acids is 1. The van der Waals surface area contributed by atoms with Crippen LogP contribution in [0.5, 0.6) is 0 Å². The van der Waals surface area contributed by atoms with Crippen molar-refractivity contribution in [2.45, 2.75) is 37.9 Å². The molecule has 0 aromatic rings. The Kier molecular flexibility index (Phi) is 4.19. The van der Waals surface area contributed by atoms with Gasteiger partial charge in [-0.05, 0) is 12.8 Å². The van der Waals surface area contributed by atoms with E-state index in [1.165, 1.54) is 4.90 Å². The number of carbonyl (C=O) groups is 1. The molecule has 1 rings (SSSR count). The van der Waals surface area contributed by atoms with Crippen LogP contribution in [0.3, 0.4) is 0 Å². The largest absolute Gasteiger partial charge is 0.409 e. The molecule has 1 aliphatic heterocycles. The standard InChI is InChI=1S/C9H14F3N3O2/c10-9(11,12)4-3-7(16)15-5-1-2-6(15)8(13)14-17/h6,17H,1-5H2,(H2,13,14). The predicted octanol–water partition coefficient (Wildman–Crippen LogP) is 1.07. The van der Waals surface area contributed by atoms with E-state index in [0.717, 1.165) is 0 Å². The molecule has 3 N–H and O–H groups in total. The lowest BCUT2D eigenvalue weighted by atomic mass is 10.2. The van der Waals surface area contributed by atoms with Crippen molar-refractivity contribution in [1.29, 1.82) is 0 Å². The first-order valence-corrected chi connectivity index (χ1v) is 5.19. The summed E-state index contributed by atoms with van der Waals surface area (Å²) >= 11 is 0. The second-order valence-corrected chi connectivity index (χ2v) is 3.89. The third kappa shape index (κ3) is 3.79. The Balaban J connectivity index is 2.57. The van der Waals surface area contributed by atoms with Gasteiger partial charge in [-0.25, -0.2) is 0 Å². The second-order valence-electron chi connectivity index (χ2n) is 3.89. The first kappa shape index (κ1) is 13.6. The molecule has 5 nitrogen and oxygen atoms in total. The summed E-state index contributed by atoms with van der Waals surface area (Å²) < 4.78 is 35.9. The maximum atomic E-state index is 12.0. The van der Waals surface area contributed by atoms with E-state index < -0.39 is 31.0 Å². The van der Waals surface area contributed by atoms with Gasteiger partial charge in [-0.2, -0.15) is 13.2 Å². The number of amides is 1. The highest BCUT2D eigenvalue weighted by Crippen LogP contribution is 2.24. The van der Waals surface area contributed by atoms with Crippen LogP contribution >= 0.6 is 0 Å². The number of rotatable bonds is 3. The highest BCUT2D eigenvalue weighted by Gasteiger charge is 2.34. The number of hydrogen-bond acceptors (Lipinski definition) is 3.